The topological polar surface area (TPSA) is 96.7 Å². The quantitative estimate of drug-likeness (QED) is 0.468. The molecule has 0 unspecified atom stereocenters. The summed E-state index contributed by atoms with van der Waals surface area (Å²) in [5.41, 5.74) is 9.03. The molecule has 2 amide bonds. The molecule has 0 bridgehead atoms. The molecule has 202 valence electrons. The molecular weight excluding hydrogens is 492 g/mol. The Balaban J connectivity index is 1.53. The Morgan fingerprint density at radius 2 is 1.95 bits per heavy atom. The van der Waals surface area contributed by atoms with Crippen LogP contribution in [0.3, 0.4) is 0 Å². The molecule has 2 fully saturated rings. The number of nitrogens with zero attached hydrogens (tertiary/aromatic N) is 3. The number of H-pyrrole nitrogens is 1. The van der Waals surface area contributed by atoms with Gasteiger partial charge in [-0.2, -0.15) is 0 Å². The van der Waals surface area contributed by atoms with Crippen molar-refractivity contribution in [3.8, 4) is 11.5 Å². The van der Waals surface area contributed by atoms with E-state index in [1.54, 1.807) is 20.5 Å². The molecule has 1 saturated heterocycles. The van der Waals surface area contributed by atoms with Crippen molar-refractivity contribution in [2.75, 3.05) is 25.7 Å². The number of nitrogens with one attached hydrogen (secondary N) is 1. The number of methoxy groups -OCH3 is 2. The first kappa shape index (κ1) is 26.0. The Kier molecular flexibility index (Phi) is 7.00. The predicted molar refractivity (Wildman–Crippen MR) is 139 cm³/mol. The summed E-state index contributed by atoms with van der Waals surface area (Å²) < 4.78 is 38.9. The fourth-order valence-electron chi connectivity index (χ4n) is 6.44. The third-order valence-electron chi connectivity index (χ3n) is 8.38. The fourth-order valence-corrected chi connectivity index (χ4v) is 6.44. The normalized spacial score (nSPS) is 23.2. The van der Waals surface area contributed by atoms with Crippen LogP contribution in [0.15, 0.2) is 42.7 Å². The zero-order valence-electron chi connectivity index (χ0n) is 21.8. The molecule has 1 aliphatic carbocycles. The van der Waals surface area contributed by atoms with E-state index in [1.165, 1.54) is 11.0 Å². The Labute approximate surface area is 220 Å². The zero-order valence-corrected chi connectivity index (χ0v) is 21.8. The van der Waals surface area contributed by atoms with Gasteiger partial charge in [-0.25, -0.2) is 18.6 Å². The lowest BCUT2D eigenvalue weighted by Crippen LogP contribution is -2.54. The summed E-state index contributed by atoms with van der Waals surface area (Å²) in [6, 6.07) is 8.64. The third kappa shape index (κ3) is 4.47. The van der Waals surface area contributed by atoms with E-state index in [9.17, 15) is 13.6 Å². The van der Waals surface area contributed by atoms with Crippen LogP contribution in [0.2, 0.25) is 0 Å². The highest BCUT2D eigenvalue weighted by atomic mass is 19.2. The lowest BCUT2D eigenvalue weighted by atomic mass is 9.64. The van der Waals surface area contributed by atoms with Gasteiger partial charge in [0.2, 0.25) is 0 Å². The van der Waals surface area contributed by atoms with Crippen molar-refractivity contribution in [1.82, 2.24) is 14.9 Å². The van der Waals surface area contributed by atoms with Gasteiger partial charge in [-0.1, -0.05) is 6.07 Å². The van der Waals surface area contributed by atoms with Crippen LogP contribution in [0.5, 0.6) is 11.5 Å². The number of hydrogen-bond acceptors (Lipinski definition) is 5. The molecule has 5 rings (SSSR count). The highest BCUT2D eigenvalue weighted by molar-refractivity contribution is 5.91. The number of hydrogen-bond donors (Lipinski definition) is 2. The minimum atomic E-state index is -1.01. The number of urea groups is 1. The Morgan fingerprint density at radius 3 is 2.61 bits per heavy atom. The maximum Gasteiger partial charge on any atom is 0.319 e. The molecule has 3 atom stereocenters. The number of primary amides is 1. The average molecular weight is 526 g/mol. The van der Waals surface area contributed by atoms with Crippen LogP contribution in [-0.2, 0) is 12.0 Å². The van der Waals surface area contributed by atoms with Crippen LogP contribution in [0.25, 0.3) is 0 Å². The van der Waals surface area contributed by atoms with Gasteiger partial charge in [-0.15, -0.1) is 0 Å². The minimum absolute atomic E-state index is 0.0502. The van der Waals surface area contributed by atoms with Crippen LogP contribution in [0, 0.1) is 18.6 Å². The van der Waals surface area contributed by atoms with Crippen LogP contribution < -0.4 is 20.1 Å². The van der Waals surface area contributed by atoms with Crippen molar-refractivity contribution >= 4 is 11.7 Å². The van der Waals surface area contributed by atoms with E-state index in [0.717, 1.165) is 48.5 Å². The summed E-state index contributed by atoms with van der Waals surface area (Å²) in [5.74, 6) is -0.643. The Hall–Kier alpha value is -3.66. The average Bonchev–Trinajstić information content (AvgIpc) is 3.49. The molecule has 1 aromatic heterocycles. The van der Waals surface area contributed by atoms with Crippen LogP contribution in [0.1, 0.15) is 42.6 Å². The maximum atomic E-state index is 14.1. The van der Waals surface area contributed by atoms with Gasteiger partial charge in [-0.3, -0.25) is 9.80 Å². The molecule has 10 heteroatoms. The molecule has 2 heterocycles. The van der Waals surface area contributed by atoms with E-state index in [-0.39, 0.29) is 23.2 Å². The van der Waals surface area contributed by atoms with Crippen LogP contribution in [-0.4, -0.2) is 53.7 Å². The van der Waals surface area contributed by atoms with Gasteiger partial charge < -0.3 is 20.2 Å². The third-order valence-corrected chi connectivity index (χ3v) is 8.38. The summed E-state index contributed by atoms with van der Waals surface area (Å²) in [7, 11) is 3.24. The molecule has 2 aromatic carbocycles. The lowest BCUT2D eigenvalue weighted by molar-refractivity contribution is 0.136. The van der Waals surface area contributed by atoms with E-state index in [1.807, 2.05) is 13.0 Å². The number of aromatic amines is 1. The number of likely N-dealkylation sites (tertiary alicyclic amines) is 1. The van der Waals surface area contributed by atoms with Gasteiger partial charge in [0.15, 0.2) is 23.1 Å². The number of anilines is 1. The molecule has 38 heavy (non-hydrogen) atoms. The molecular formula is C28H33F2N5O3. The number of aryl methyl sites for hydroxylation is 1. The fraction of sp³-hybridized carbons (Fsp3) is 0.429. The molecule has 1 aliphatic heterocycles. The smallest absolute Gasteiger partial charge is 0.319 e. The highest BCUT2D eigenvalue weighted by Gasteiger charge is 2.53. The molecule has 0 radical (unpaired) electrons. The second kappa shape index (κ2) is 10.2. The second-order valence-corrected chi connectivity index (χ2v) is 10.2. The van der Waals surface area contributed by atoms with Crippen molar-refractivity contribution in [3.05, 3.63) is 71.3 Å². The van der Waals surface area contributed by atoms with Crippen molar-refractivity contribution in [1.29, 1.82) is 0 Å². The predicted octanol–water partition coefficient (Wildman–Crippen LogP) is 4.66. The van der Waals surface area contributed by atoms with E-state index < -0.39 is 17.7 Å². The summed E-state index contributed by atoms with van der Waals surface area (Å²) >= 11 is 0. The SMILES string of the molecule is COc1ccc([C@@]23CC[C@@H](N(C(N)=O)c4ccc(F)c(F)c4)C[C@@H]2N(Cc2[nH]cnc2C)CC3)cc1OC. The number of rotatable bonds is 7. The monoisotopic (exact) mass is 525 g/mol. The number of fused-ring (bicyclic) bond motifs is 1. The molecule has 3 N–H and O–H groups in total. The largest absolute Gasteiger partial charge is 0.493 e. The first-order valence-electron chi connectivity index (χ1n) is 12.8. The van der Waals surface area contributed by atoms with Crippen LogP contribution in [0.4, 0.5) is 19.3 Å². The number of nitrogens with two attached hydrogens (primary N) is 1. The number of carbonyl (C=O) groups excluding carboxylic acids is 1. The van der Waals surface area contributed by atoms with Gasteiger partial charge in [0.1, 0.15) is 0 Å². The van der Waals surface area contributed by atoms with Crippen molar-refractivity contribution in [2.24, 2.45) is 5.73 Å². The van der Waals surface area contributed by atoms with Crippen LogP contribution >= 0.6 is 0 Å². The molecule has 3 aromatic rings. The van der Waals surface area contributed by atoms with Crippen molar-refractivity contribution in [2.45, 2.75) is 56.7 Å². The summed E-state index contributed by atoms with van der Waals surface area (Å²) in [5, 5.41) is 0. The maximum absolute atomic E-state index is 14.1. The van der Waals surface area contributed by atoms with E-state index >= 15 is 0 Å². The summed E-state index contributed by atoms with van der Waals surface area (Å²) in [6.07, 6.45) is 4.68. The highest BCUT2D eigenvalue weighted by Crippen LogP contribution is 2.51. The first-order chi connectivity index (χ1) is 18.3. The number of benzene rings is 2. The van der Waals surface area contributed by atoms with Crippen molar-refractivity contribution in [3.63, 3.8) is 0 Å². The molecule has 1 saturated carbocycles. The van der Waals surface area contributed by atoms with Gasteiger partial charge >= 0.3 is 6.03 Å². The van der Waals surface area contributed by atoms with E-state index in [0.29, 0.717) is 30.9 Å². The van der Waals surface area contributed by atoms with Gasteiger partial charge in [-0.05, 0) is 69.0 Å². The van der Waals surface area contributed by atoms with Gasteiger partial charge in [0.05, 0.1) is 31.9 Å². The minimum Gasteiger partial charge on any atom is -0.493 e. The number of amides is 2. The standard InChI is InChI=1S/C28H33F2N5O3/c1-17-23(33-16-32-17)15-34-11-10-28(18-4-7-24(37-2)25(12-18)38-3)9-8-20(14-26(28)34)35(27(31)36)19-5-6-21(29)22(30)13-19/h4-7,12-13,16,20,26H,8-11,14-15H2,1-3H3,(H2,31,36)(H,32,33)/t20-,26+,28+/m1/s1. The number of ether oxygens (including phenoxy) is 2. The number of halogens is 2. The summed E-state index contributed by atoms with van der Waals surface area (Å²) in [6.45, 7) is 3.51. The zero-order chi connectivity index (χ0) is 27.0. The van der Waals surface area contributed by atoms with Crippen molar-refractivity contribution < 1.29 is 23.0 Å². The summed E-state index contributed by atoms with van der Waals surface area (Å²) in [4.78, 5) is 24.1. The molecule has 2 aliphatic rings. The van der Waals surface area contributed by atoms with Gasteiger partial charge in [0.25, 0.3) is 0 Å². The van der Waals surface area contributed by atoms with E-state index in [4.69, 9.17) is 15.2 Å². The Bertz CT molecular complexity index is 1330. The number of aromatic nitrogens is 2. The van der Waals surface area contributed by atoms with Gasteiger partial charge in [0, 0.05) is 35.8 Å². The number of imidazole rings is 1. The lowest BCUT2D eigenvalue weighted by Gasteiger charge is -2.47. The Morgan fingerprint density at radius 1 is 1.16 bits per heavy atom. The van der Waals surface area contributed by atoms with E-state index in [2.05, 4.69) is 27.0 Å². The molecule has 8 nitrogen and oxygen atoms in total. The first-order valence-corrected chi connectivity index (χ1v) is 12.8. The number of carbonyl (C=O) groups is 1. The molecule has 0 spiro atoms. The second-order valence-electron chi connectivity index (χ2n) is 10.2.